The van der Waals surface area contributed by atoms with E-state index in [0.717, 1.165) is 44.4 Å². The number of esters is 1. The first-order chi connectivity index (χ1) is 14.1. The summed E-state index contributed by atoms with van der Waals surface area (Å²) in [5.74, 6) is 0.197. The number of hydrogen-bond donors (Lipinski definition) is 0. The molecular weight excluding hydrogens is 371 g/mol. The second-order valence-corrected chi connectivity index (χ2v) is 8.58. The Morgan fingerprint density at radius 2 is 1.76 bits per heavy atom. The third-order valence-electron chi connectivity index (χ3n) is 6.19. The molecule has 0 amide bonds. The van der Waals surface area contributed by atoms with Crippen molar-refractivity contribution in [3.05, 3.63) is 35.1 Å². The van der Waals surface area contributed by atoms with Gasteiger partial charge in [-0.05, 0) is 50.2 Å². The van der Waals surface area contributed by atoms with Crippen LogP contribution in [0.3, 0.4) is 0 Å². The number of carbonyl (C=O) groups excluding carboxylic acids is 1. The highest BCUT2D eigenvalue weighted by molar-refractivity contribution is 5.89. The zero-order valence-corrected chi connectivity index (χ0v) is 17.8. The first-order valence-electron chi connectivity index (χ1n) is 11.3. The molecule has 5 heteroatoms. The van der Waals surface area contributed by atoms with Gasteiger partial charge in [-0.25, -0.2) is 9.18 Å². The van der Waals surface area contributed by atoms with Gasteiger partial charge in [0.2, 0.25) is 0 Å². The SMILES string of the molecule is CCCCC1CCC(OC(=O)c2ccc(C3OCC(CCC)CO3)c(F)c2)CC1. The fourth-order valence-electron chi connectivity index (χ4n) is 4.39. The van der Waals surface area contributed by atoms with E-state index >= 15 is 0 Å². The molecule has 0 radical (unpaired) electrons. The number of carbonyl (C=O) groups is 1. The molecule has 0 atom stereocenters. The van der Waals surface area contributed by atoms with Gasteiger partial charge < -0.3 is 14.2 Å². The summed E-state index contributed by atoms with van der Waals surface area (Å²) in [5, 5.41) is 0. The molecule has 0 spiro atoms. The van der Waals surface area contributed by atoms with E-state index in [1.807, 2.05) is 0 Å². The molecule has 1 saturated heterocycles. The van der Waals surface area contributed by atoms with E-state index in [1.165, 1.54) is 25.3 Å². The minimum atomic E-state index is -0.702. The predicted octanol–water partition coefficient (Wildman–Crippen LogP) is 6.19. The summed E-state index contributed by atoms with van der Waals surface area (Å²) >= 11 is 0. The fourth-order valence-corrected chi connectivity index (χ4v) is 4.39. The van der Waals surface area contributed by atoms with Gasteiger partial charge in [0.1, 0.15) is 11.9 Å². The van der Waals surface area contributed by atoms with Crippen LogP contribution >= 0.6 is 0 Å². The minimum Gasteiger partial charge on any atom is -0.459 e. The van der Waals surface area contributed by atoms with E-state index < -0.39 is 18.1 Å². The maximum Gasteiger partial charge on any atom is 0.338 e. The number of unbranched alkanes of at least 4 members (excludes halogenated alkanes) is 1. The summed E-state index contributed by atoms with van der Waals surface area (Å²) in [6.45, 7) is 5.49. The first-order valence-corrected chi connectivity index (χ1v) is 11.3. The highest BCUT2D eigenvalue weighted by atomic mass is 19.1. The van der Waals surface area contributed by atoms with Crippen LogP contribution < -0.4 is 0 Å². The van der Waals surface area contributed by atoms with E-state index in [2.05, 4.69) is 13.8 Å². The van der Waals surface area contributed by atoms with Crippen LogP contribution in [-0.4, -0.2) is 25.3 Å². The summed E-state index contributed by atoms with van der Waals surface area (Å²) in [6, 6.07) is 4.44. The predicted molar refractivity (Wildman–Crippen MR) is 110 cm³/mol. The number of halogens is 1. The summed E-state index contributed by atoms with van der Waals surface area (Å²) in [4.78, 5) is 12.5. The van der Waals surface area contributed by atoms with Crippen molar-refractivity contribution in [2.24, 2.45) is 11.8 Å². The van der Waals surface area contributed by atoms with Gasteiger partial charge in [-0.15, -0.1) is 0 Å². The maximum absolute atomic E-state index is 14.6. The molecule has 1 heterocycles. The van der Waals surface area contributed by atoms with Crippen molar-refractivity contribution in [3.8, 4) is 0 Å². The Morgan fingerprint density at radius 3 is 2.38 bits per heavy atom. The molecule has 162 valence electrons. The highest BCUT2D eigenvalue weighted by Gasteiger charge is 2.27. The molecule has 2 aliphatic rings. The van der Waals surface area contributed by atoms with Gasteiger partial charge in [-0.2, -0.15) is 0 Å². The fraction of sp³-hybridized carbons (Fsp3) is 0.708. The lowest BCUT2D eigenvalue weighted by Crippen LogP contribution is -2.27. The van der Waals surface area contributed by atoms with Crippen LogP contribution in [0.1, 0.15) is 93.8 Å². The Labute approximate surface area is 174 Å². The number of hydrogen-bond acceptors (Lipinski definition) is 4. The van der Waals surface area contributed by atoms with Crippen LogP contribution in [0, 0.1) is 17.7 Å². The minimum absolute atomic E-state index is 0.0522. The standard InChI is InChI=1S/C24H35FO4/c1-3-5-7-17-8-11-20(12-9-17)29-23(26)19-10-13-21(22(25)14-19)24-27-15-18(6-4-2)16-28-24/h10,13-14,17-18,20,24H,3-9,11-12,15-16H2,1-2H3. The molecular formula is C24H35FO4. The van der Waals surface area contributed by atoms with Crippen LogP contribution in [0.25, 0.3) is 0 Å². The van der Waals surface area contributed by atoms with Gasteiger partial charge >= 0.3 is 5.97 Å². The lowest BCUT2D eigenvalue weighted by molar-refractivity contribution is -0.207. The molecule has 0 N–H and O–H groups in total. The molecule has 2 fully saturated rings. The molecule has 1 aliphatic carbocycles. The molecule has 0 bridgehead atoms. The average molecular weight is 407 g/mol. The van der Waals surface area contributed by atoms with Crippen molar-refractivity contribution in [1.82, 2.24) is 0 Å². The number of rotatable bonds is 8. The van der Waals surface area contributed by atoms with Crippen molar-refractivity contribution < 1.29 is 23.4 Å². The third kappa shape index (κ3) is 6.26. The van der Waals surface area contributed by atoms with Gasteiger partial charge in [0, 0.05) is 11.5 Å². The van der Waals surface area contributed by atoms with E-state index in [-0.39, 0.29) is 11.7 Å². The molecule has 4 nitrogen and oxygen atoms in total. The molecule has 1 aliphatic heterocycles. The van der Waals surface area contributed by atoms with Crippen molar-refractivity contribution in [1.29, 1.82) is 0 Å². The summed E-state index contributed by atoms with van der Waals surface area (Å²) < 4.78 is 31.6. The molecule has 3 rings (SSSR count). The topological polar surface area (TPSA) is 44.8 Å². The molecule has 1 saturated carbocycles. The second kappa shape index (κ2) is 11.1. The zero-order chi connectivity index (χ0) is 20.6. The van der Waals surface area contributed by atoms with Gasteiger partial charge in [0.25, 0.3) is 0 Å². The van der Waals surface area contributed by atoms with Crippen molar-refractivity contribution in [2.45, 2.75) is 84.0 Å². The van der Waals surface area contributed by atoms with Crippen molar-refractivity contribution in [3.63, 3.8) is 0 Å². The van der Waals surface area contributed by atoms with E-state index in [0.29, 0.717) is 24.7 Å². The maximum atomic E-state index is 14.6. The normalized spacial score (nSPS) is 27.6. The Bertz CT molecular complexity index is 646. The van der Waals surface area contributed by atoms with E-state index in [4.69, 9.17) is 14.2 Å². The Balaban J connectivity index is 1.50. The van der Waals surface area contributed by atoms with E-state index in [9.17, 15) is 9.18 Å². The number of ether oxygens (including phenoxy) is 3. The van der Waals surface area contributed by atoms with Crippen LogP contribution in [0.5, 0.6) is 0 Å². The quantitative estimate of drug-likeness (QED) is 0.483. The summed E-state index contributed by atoms with van der Waals surface area (Å²) in [5.41, 5.74) is 0.590. The van der Waals surface area contributed by atoms with Gasteiger partial charge in [-0.1, -0.05) is 45.6 Å². The molecule has 29 heavy (non-hydrogen) atoms. The van der Waals surface area contributed by atoms with Crippen molar-refractivity contribution in [2.75, 3.05) is 13.2 Å². The van der Waals surface area contributed by atoms with Crippen molar-refractivity contribution >= 4 is 5.97 Å². The zero-order valence-electron chi connectivity index (χ0n) is 17.8. The van der Waals surface area contributed by atoms with Crippen LogP contribution in [0.2, 0.25) is 0 Å². The van der Waals surface area contributed by atoms with Crippen LogP contribution in [-0.2, 0) is 14.2 Å². The largest absolute Gasteiger partial charge is 0.459 e. The molecule has 1 aromatic rings. The lowest BCUT2D eigenvalue weighted by atomic mass is 9.84. The first kappa shape index (κ1) is 22.2. The number of benzene rings is 1. The Kier molecular flexibility index (Phi) is 8.49. The van der Waals surface area contributed by atoms with Gasteiger partial charge in [0.15, 0.2) is 6.29 Å². The Morgan fingerprint density at radius 1 is 1.03 bits per heavy atom. The molecule has 0 unspecified atom stereocenters. The van der Waals surface area contributed by atoms with Gasteiger partial charge in [-0.3, -0.25) is 0 Å². The molecule has 1 aromatic carbocycles. The highest BCUT2D eigenvalue weighted by Crippen LogP contribution is 2.31. The monoisotopic (exact) mass is 406 g/mol. The third-order valence-corrected chi connectivity index (χ3v) is 6.19. The Hall–Kier alpha value is -1.46. The lowest BCUT2D eigenvalue weighted by Gasteiger charge is -2.30. The van der Waals surface area contributed by atoms with Gasteiger partial charge in [0.05, 0.1) is 18.8 Å². The van der Waals surface area contributed by atoms with Crippen LogP contribution in [0.15, 0.2) is 18.2 Å². The average Bonchev–Trinajstić information content (AvgIpc) is 2.74. The second-order valence-electron chi connectivity index (χ2n) is 8.58. The van der Waals surface area contributed by atoms with Crippen LogP contribution in [0.4, 0.5) is 4.39 Å². The van der Waals surface area contributed by atoms with E-state index in [1.54, 1.807) is 12.1 Å². The summed E-state index contributed by atoms with van der Waals surface area (Å²) in [6.07, 6.45) is 9.17. The molecule has 0 aromatic heterocycles. The smallest absolute Gasteiger partial charge is 0.338 e. The summed E-state index contributed by atoms with van der Waals surface area (Å²) in [7, 11) is 0.